The number of carbonyl (C=O) groups excluding carboxylic acids is 1. The number of aromatic amines is 1. The number of hydrogen-bond acceptors (Lipinski definition) is 3. The maximum absolute atomic E-state index is 11.6. The highest BCUT2D eigenvalue weighted by Crippen LogP contribution is 2.07. The topological polar surface area (TPSA) is 70.7 Å². The molecule has 0 aliphatic rings. The fourth-order valence-electron chi connectivity index (χ4n) is 1.29. The van der Waals surface area contributed by atoms with Gasteiger partial charge in [-0.15, -0.1) is 0 Å². The van der Waals surface area contributed by atoms with E-state index in [4.69, 9.17) is 0 Å². The van der Waals surface area contributed by atoms with E-state index in [0.717, 1.165) is 11.9 Å². The molecule has 0 atom stereocenters. The van der Waals surface area contributed by atoms with Gasteiger partial charge in [0.15, 0.2) is 5.65 Å². The summed E-state index contributed by atoms with van der Waals surface area (Å²) < 4.78 is 0. The van der Waals surface area contributed by atoms with E-state index >= 15 is 0 Å². The summed E-state index contributed by atoms with van der Waals surface area (Å²) in [6.45, 7) is 2.69. The van der Waals surface area contributed by atoms with E-state index in [1.165, 1.54) is 6.20 Å². The summed E-state index contributed by atoms with van der Waals surface area (Å²) in [5.41, 5.74) is 1.96. The van der Waals surface area contributed by atoms with Gasteiger partial charge in [0.05, 0.1) is 17.4 Å². The molecule has 0 fully saturated rings. The van der Waals surface area contributed by atoms with E-state index in [1.807, 2.05) is 6.92 Å². The highest BCUT2D eigenvalue weighted by Gasteiger charge is 2.06. The van der Waals surface area contributed by atoms with Gasteiger partial charge in [-0.3, -0.25) is 4.79 Å². The van der Waals surface area contributed by atoms with Crippen molar-refractivity contribution in [1.82, 2.24) is 20.3 Å². The lowest BCUT2D eigenvalue weighted by molar-refractivity contribution is 0.0953. The molecule has 0 aliphatic carbocycles. The summed E-state index contributed by atoms with van der Waals surface area (Å²) >= 11 is 0. The van der Waals surface area contributed by atoms with Gasteiger partial charge in [0.2, 0.25) is 0 Å². The van der Waals surface area contributed by atoms with Crippen LogP contribution < -0.4 is 5.32 Å². The number of imidazole rings is 1. The smallest absolute Gasteiger partial charge is 0.252 e. The van der Waals surface area contributed by atoms with Crippen LogP contribution in [-0.2, 0) is 0 Å². The number of pyridine rings is 1. The van der Waals surface area contributed by atoms with Gasteiger partial charge in [0, 0.05) is 12.7 Å². The lowest BCUT2D eigenvalue weighted by Gasteiger charge is -2.02. The maximum Gasteiger partial charge on any atom is 0.252 e. The van der Waals surface area contributed by atoms with Gasteiger partial charge < -0.3 is 10.3 Å². The van der Waals surface area contributed by atoms with Crippen LogP contribution in [0.5, 0.6) is 0 Å². The monoisotopic (exact) mass is 204 g/mol. The predicted octanol–water partition coefficient (Wildman–Crippen LogP) is 1.10. The lowest BCUT2D eigenvalue weighted by Crippen LogP contribution is -2.24. The average molecular weight is 204 g/mol. The van der Waals surface area contributed by atoms with Gasteiger partial charge in [-0.25, -0.2) is 9.97 Å². The van der Waals surface area contributed by atoms with Crippen LogP contribution in [0.3, 0.4) is 0 Å². The first kappa shape index (κ1) is 9.64. The summed E-state index contributed by atoms with van der Waals surface area (Å²) in [5.74, 6) is -0.0964. The third kappa shape index (κ3) is 1.96. The van der Waals surface area contributed by atoms with Crippen molar-refractivity contribution in [3.8, 4) is 0 Å². The second-order valence-electron chi connectivity index (χ2n) is 3.25. The van der Waals surface area contributed by atoms with Crippen molar-refractivity contribution in [3.63, 3.8) is 0 Å². The molecule has 0 saturated carbocycles. The number of rotatable bonds is 3. The predicted molar refractivity (Wildman–Crippen MR) is 56.5 cm³/mol. The molecule has 78 valence electrons. The van der Waals surface area contributed by atoms with Crippen LogP contribution in [0.4, 0.5) is 0 Å². The van der Waals surface area contributed by atoms with Crippen LogP contribution in [0.15, 0.2) is 18.6 Å². The molecule has 5 nitrogen and oxygen atoms in total. The summed E-state index contributed by atoms with van der Waals surface area (Å²) in [7, 11) is 0. The minimum absolute atomic E-state index is 0.0964. The number of hydrogen-bond donors (Lipinski definition) is 2. The van der Waals surface area contributed by atoms with E-state index in [0.29, 0.717) is 17.8 Å². The minimum Gasteiger partial charge on any atom is -0.352 e. The zero-order valence-corrected chi connectivity index (χ0v) is 8.45. The van der Waals surface area contributed by atoms with Crippen molar-refractivity contribution >= 4 is 17.1 Å². The summed E-state index contributed by atoms with van der Waals surface area (Å²) in [6, 6.07) is 1.75. The van der Waals surface area contributed by atoms with E-state index < -0.39 is 0 Å². The number of aromatic nitrogens is 3. The Morgan fingerprint density at radius 1 is 1.53 bits per heavy atom. The van der Waals surface area contributed by atoms with Crippen LogP contribution in [0.25, 0.3) is 11.2 Å². The van der Waals surface area contributed by atoms with Gasteiger partial charge >= 0.3 is 0 Å². The zero-order valence-electron chi connectivity index (χ0n) is 8.45. The Morgan fingerprint density at radius 3 is 3.20 bits per heavy atom. The number of H-pyrrole nitrogens is 1. The van der Waals surface area contributed by atoms with E-state index in [9.17, 15) is 4.79 Å². The van der Waals surface area contributed by atoms with Gasteiger partial charge in [-0.2, -0.15) is 0 Å². The van der Waals surface area contributed by atoms with Gasteiger partial charge in [0.1, 0.15) is 0 Å². The third-order valence-electron chi connectivity index (χ3n) is 2.07. The minimum atomic E-state index is -0.0964. The molecule has 0 aliphatic heterocycles. The molecule has 0 bridgehead atoms. The molecule has 0 spiro atoms. The Morgan fingerprint density at radius 2 is 2.40 bits per heavy atom. The number of carbonyl (C=O) groups is 1. The highest BCUT2D eigenvalue weighted by molar-refractivity contribution is 5.96. The largest absolute Gasteiger partial charge is 0.352 e. The highest BCUT2D eigenvalue weighted by atomic mass is 16.1. The van der Waals surface area contributed by atoms with Crippen molar-refractivity contribution in [1.29, 1.82) is 0 Å². The molecule has 0 radical (unpaired) electrons. The van der Waals surface area contributed by atoms with Crippen molar-refractivity contribution < 1.29 is 4.79 Å². The van der Waals surface area contributed by atoms with Crippen molar-refractivity contribution in [3.05, 3.63) is 24.2 Å². The second-order valence-corrected chi connectivity index (χ2v) is 3.25. The quantitative estimate of drug-likeness (QED) is 0.786. The van der Waals surface area contributed by atoms with Crippen LogP contribution in [-0.4, -0.2) is 27.4 Å². The van der Waals surface area contributed by atoms with Gasteiger partial charge in [0.25, 0.3) is 5.91 Å². The second kappa shape index (κ2) is 4.08. The maximum atomic E-state index is 11.6. The normalized spacial score (nSPS) is 10.5. The van der Waals surface area contributed by atoms with E-state index in [2.05, 4.69) is 20.3 Å². The summed E-state index contributed by atoms with van der Waals surface area (Å²) in [5, 5.41) is 2.79. The number of fused-ring (bicyclic) bond motifs is 1. The number of nitrogens with one attached hydrogen (secondary N) is 2. The van der Waals surface area contributed by atoms with E-state index in [-0.39, 0.29) is 5.91 Å². The molecule has 2 aromatic rings. The Kier molecular flexibility index (Phi) is 2.62. The first-order valence-electron chi connectivity index (χ1n) is 4.88. The molecule has 5 heteroatoms. The molecule has 0 unspecified atom stereocenters. The van der Waals surface area contributed by atoms with Crippen LogP contribution in [0.1, 0.15) is 23.7 Å². The Bertz CT molecular complexity index is 477. The molecule has 1 amide bonds. The Hall–Kier alpha value is -1.91. The molecule has 15 heavy (non-hydrogen) atoms. The SMILES string of the molecule is CCCNC(=O)c1cnc2nc[nH]c2c1. The lowest BCUT2D eigenvalue weighted by atomic mass is 10.2. The standard InChI is InChI=1S/C10H12N4O/c1-2-3-11-10(15)7-4-8-9(12-5-7)14-6-13-8/h4-6H,2-3H2,1H3,(H,11,15)(H,12,13,14). The van der Waals surface area contributed by atoms with Gasteiger partial charge in [-0.1, -0.05) is 6.92 Å². The molecule has 2 N–H and O–H groups in total. The first-order chi connectivity index (χ1) is 7.31. The molecule has 0 saturated heterocycles. The molecular formula is C10H12N4O. The Labute approximate surface area is 86.9 Å². The summed E-state index contributed by atoms with van der Waals surface area (Å²) in [4.78, 5) is 22.6. The van der Waals surface area contributed by atoms with Crippen LogP contribution in [0.2, 0.25) is 0 Å². The average Bonchev–Trinajstić information content (AvgIpc) is 2.72. The number of nitrogens with zero attached hydrogens (tertiary/aromatic N) is 2. The molecule has 2 rings (SSSR count). The van der Waals surface area contributed by atoms with Gasteiger partial charge in [-0.05, 0) is 12.5 Å². The molecular weight excluding hydrogens is 192 g/mol. The Balaban J connectivity index is 2.23. The third-order valence-corrected chi connectivity index (χ3v) is 2.07. The first-order valence-corrected chi connectivity index (χ1v) is 4.88. The van der Waals surface area contributed by atoms with Crippen LogP contribution in [0, 0.1) is 0 Å². The fourth-order valence-corrected chi connectivity index (χ4v) is 1.29. The van der Waals surface area contributed by atoms with Crippen LogP contribution >= 0.6 is 0 Å². The van der Waals surface area contributed by atoms with E-state index in [1.54, 1.807) is 12.4 Å². The van der Waals surface area contributed by atoms with Crippen molar-refractivity contribution in [2.75, 3.05) is 6.54 Å². The molecule has 0 aromatic carbocycles. The van der Waals surface area contributed by atoms with Crippen molar-refractivity contribution in [2.45, 2.75) is 13.3 Å². The zero-order chi connectivity index (χ0) is 10.7. The fraction of sp³-hybridized carbons (Fsp3) is 0.300. The molecule has 2 aromatic heterocycles. The summed E-state index contributed by atoms with van der Waals surface area (Å²) in [6.07, 6.45) is 4.02. The van der Waals surface area contributed by atoms with Crippen molar-refractivity contribution in [2.24, 2.45) is 0 Å². The molecule has 2 heterocycles. The number of amides is 1.